The van der Waals surface area contributed by atoms with Crippen molar-refractivity contribution in [3.63, 3.8) is 0 Å². The van der Waals surface area contributed by atoms with Crippen molar-refractivity contribution >= 4 is 11.9 Å². The summed E-state index contributed by atoms with van der Waals surface area (Å²) in [7, 11) is 2.04. The molecule has 2 unspecified atom stereocenters. The van der Waals surface area contributed by atoms with E-state index in [9.17, 15) is 9.59 Å². The van der Waals surface area contributed by atoms with Gasteiger partial charge in [-0.05, 0) is 26.9 Å². The number of amides is 3. The van der Waals surface area contributed by atoms with Crippen LogP contribution >= 0.6 is 0 Å². The smallest absolute Gasteiger partial charge is 0.318 e. The van der Waals surface area contributed by atoms with Gasteiger partial charge in [0.2, 0.25) is 5.91 Å². The molecule has 6 nitrogen and oxygen atoms in total. The van der Waals surface area contributed by atoms with E-state index in [2.05, 4.69) is 15.5 Å². The van der Waals surface area contributed by atoms with E-state index in [-0.39, 0.29) is 5.91 Å². The number of likely N-dealkylation sites (N-methyl/N-ethyl adjacent to an activating group) is 1. The highest BCUT2D eigenvalue weighted by atomic mass is 16.2. The van der Waals surface area contributed by atoms with Crippen LogP contribution in [-0.2, 0) is 4.79 Å². The molecule has 2 atom stereocenters. The SMILES string of the molecule is CC(NC1CCN(C)C1)C(=O)NC(N)=O. The molecule has 0 aromatic heterocycles. The molecule has 86 valence electrons. The maximum absolute atomic E-state index is 11.3. The average Bonchev–Trinajstić information content (AvgIpc) is 2.50. The molecule has 0 radical (unpaired) electrons. The minimum Gasteiger partial charge on any atom is -0.351 e. The normalized spacial score (nSPS) is 23.7. The second kappa shape index (κ2) is 5.09. The van der Waals surface area contributed by atoms with E-state index in [0.29, 0.717) is 6.04 Å². The first kappa shape index (κ1) is 11.9. The lowest BCUT2D eigenvalue weighted by Gasteiger charge is -2.18. The number of primary amides is 1. The Morgan fingerprint density at radius 2 is 2.20 bits per heavy atom. The molecule has 0 bridgehead atoms. The Morgan fingerprint density at radius 1 is 1.53 bits per heavy atom. The molecule has 1 saturated heterocycles. The summed E-state index contributed by atoms with van der Waals surface area (Å²) < 4.78 is 0. The molecule has 6 heteroatoms. The van der Waals surface area contributed by atoms with Crippen molar-refractivity contribution in [1.29, 1.82) is 0 Å². The lowest BCUT2D eigenvalue weighted by atomic mass is 10.2. The van der Waals surface area contributed by atoms with E-state index in [1.807, 2.05) is 7.05 Å². The molecule has 1 rings (SSSR count). The lowest BCUT2D eigenvalue weighted by Crippen LogP contribution is -2.49. The van der Waals surface area contributed by atoms with Gasteiger partial charge in [-0.2, -0.15) is 0 Å². The van der Waals surface area contributed by atoms with E-state index < -0.39 is 12.1 Å². The second-order valence-electron chi connectivity index (χ2n) is 3.99. The summed E-state index contributed by atoms with van der Waals surface area (Å²) in [6.07, 6.45) is 1.02. The zero-order valence-corrected chi connectivity index (χ0v) is 9.12. The van der Waals surface area contributed by atoms with Crippen molar-refractivity contribution in [2.45, 2.75) is 25.4 Å². The minimum absolute atomic E-state index is 0.309. The van der Waals surface area contributed by atoms with Crippen LogP contribution < -0.4 is 16.4 Å². The van der Waals surface area contributed by atoms with Crippen LogP contribution in [0.4, 0.5) is 4.79 Å². The highest BCUT2D eigenvalue weighted by Gasteiger charge is 2.23. The van der Waals surface area contributed by atoms with Crippen LogP contribution in [0.25, 0.3) is 0 Å². The highest BCUT2D eigenvalue weighted by Crippen LogP contribution is 2.06. The number of urea groups is 1. The van der Waals surface area contributed by atoms with Gasteiger partial charge in [0.15, 0.2) is 0 Å². The molecule has 15 heavy (non-hydrogen) atoms. The second-order valence-corrected chi connectivity index (χ2v) is 3.99. The maximum Gasteiger partial charge on any atom is 0.318 e. The van der Waals surface area contributed by atoms with Crippen molar-refractivity contribution in [3.8, 4) is 0 Å². The average molecular weight is 214 g/mol. The summed E-state index contributed by atoms with van der Waals surface area (Å²) in [5, 5.41) is 5.20. The molecule has 0 spiro atoms. The van der Waals surface area contributed by atoms with Crippen molar-refractivity contribution in [2.24, 2.45) is 5.73 Å². The van der Waals surface area contributed by atoms with Crippen LogP contribution in [0.5, 0.6) is 0 Å². The van der Waals surface area contributed by atoms with Gasteiger partial charge >= 0.3 is 6.03 Å². The van der Waals surface area contributed by atoms with E-state index in [4.69, 9.17) is 5.73 Å². The first-order valence-electron chi connectivity index (χ1n) is 5.04. The number of hydrogen-bond donors (Lipinski definition) is 3. The van der Waals surface area contributed by atoms with Gasteiger partial charge in [0.05, 0.1) is 6.04 Å². The van der Waals surface area contributed by atoms with E-state index >= 15 is 0 Å². The predicted octanol–water partition coefficient (Wildman–Crippen LogP) is -1.14. The van der Waals surface area contributed by atoms with Crippen molar-refractivity contribution in [1.82, 2.24) is 15.5 Å². The molecule has 0 aromatic rings. The third-order valence-corrected chi connectivity index (χ3v) is 2.52. The number of likely N-dealkylation sites (tertiary alicyclic amines) is 1. The third-order valence-electron chi connectivity index (χ3n) is 2.52. The fourth-order valence-corrected chi connectivity index (χ4v) is 1.73. The Kier molecular flexibility index (Phi) is 4.05. The fraction of sp³-hybridized carbons (Fsp3) is 0.778. The molecule has 1 aliphatic rings. The summed E-state index contributed by atoms with van der Waals surface area (Å²) in [6.45, 7) is 3.67. The summed E-state index contributed by atoms with van der Waals surface area (Å²) in [5.41, 5.74) is 4.85. The summed E-state index contributed by atoms with van der Waals surface area (Å²) in [6, 6.07) is -0.894. The fourth-order valence-electron chi connectivity index (χ4n) is 1.73. The van der Waals surface area contributed by atoms with Crippen LogP contribution in [0, 0.1) is 0 Å². The van der Waals surface area contributed by atoms with Gasteiger partial charge in [-0.15, -0.1) is 0 Å². The topological polar surface area (TPSA) is 87.5 Å². The summed E-state index contributed by atoms with van der Waals surface area (Å²) in [5.74, 6) is -0.378. The third kappa shape index (κ3) is 3.85. The molecule has 0 saturated carbocycles. The Morgan fingerprint density at radius 3 is 2.67 bits per heavy atom. The van der Waals surface area contributed by atoms with Crippen molar-refractivity contribution in [3.05, 3.63) is 0 Å². The van der Waals surface area contributed by atoms with Crippen molar-refractivity contribution in [2.75, 3.05) is 20.1 Å². The quantitative estimate of drug-likeness (QED) is 0.554. The highest BCUT2D eigenvalue weighted by molar-refractivity contribution is 5.96. The van der Waals surface area contributed by atoms with Gasteiger partial charge in [0, 0.05) is 12.6 Å². The monoisotopic (exact) mass is 214 g/mol. The number of nitrogens with one attached hydrogen (secondary N) is 2. The van der Waals surface area contributed by atoms with Crippen LogP contribution in [0.3, 0.4) is 0 Å². The van der Waals surface area contributed by atoms with Crippen molar-refractivity contribution < 1.29 is 9.59 Å². The van der Waals surface area contributed by atoms with Gasteiger partial charge in [-0.25, -0.2) is 4.79 Å². The summed E-state index contributed by atoms with van der Waals surface area (Å²) in [4.78, 5) is 24.0. The molecule has 0 aromatic carbocycles. The minimum atomic E-state index is -0.808. The van der Waals surface area contributed by atoms with Gasteiger partial charge in [0.1, 0.15) is 0 Å². The molecule has 1 heterocycles. The molecule has 0 aliphatic carbocycles. The molecule has 1 fully saturated rings. The van der Waals surface area contributed by atoms with Crippen LogP contribution in [0.1, 0.15) is 13.3 Å². The number of rotatable bonds is 3. The maximum atomic E-state index is 11.3. The summed E-state index contributed by atoms with van der Waals surface area (Å²) >= 11 is 0. The largest absolute Gasteiger partial charge is 0.351 e. The molecule has 1 aliphatic heterocycles. The first-order valence-corrected chi connectivity index (χ1v) is 5.04. The number of hydrogen-bond acceptors (Lipinski definition) is 4. The zero-order chi connectivity index (χ0) is 11.4. The zero-order valence-electron chi connectivity index (χ0n) is 9.12. The lowest BCUT2D eigenvalue weighted by molar-refractivity contribution is -0.121. The molecular weight excluding hydrogens is 196 g/mol. The van der Waals surface area contributed by atoms with Crippen LogP contribution in [0.2, 0.25) is 0 Å². The number of carbonyl (C=O) groups is 2. The number of carbonyl (C=O) groups excluding carboxylic acids is 2. The van der Waals surface area contributed by atoms with Crippen LogP contribution in [0.15, 0.2) is 0 Å². The Bertz CT molecular complexity index is 256. The molecular formula is C9H18N4O2. The Labute approximate surface area is 89.2 Å². The van der Waals surface area contributed by atoms with Gasteiger partial charge in [0.25, 0.3) is 0 Å². The van der Waals surface area contributed by atoms with Gasteiger partial charge in [-0.3, -0.25) is 10.1 Å². The Hall–Kier alpha value is -1.14. The molecule has 4 N–H and O–H groups in total. The van der Waals surface area contributed by atoms with E-state index in [0.717, 1.165) is 19.5 Å². The van der Waals surface area contributed by atoms with Gasteiger partial charge in [-0.1, -0.05) is 0 Å². The predicted molar refractivity (Wildman–Crippen MR) is 56.2 cm³/mol. The number of nitrogens with two attached hydrogens (primary N) is 1. The van der Waals surface area contributed by atoms with Crippen LogP contribution in [-0.4, -0.2) is 49.1 Å². The van der Waals surface area contributed by atoms with Gasteiger partial charge < -0.3 is 16.0 Å². The number of imide groups is 1. The van der Waals surface area contributed by atoms with E-state index in [1.165, 1.54) is 0 Å². The standard InChI is InChI=1S/C9H18N4O2/c1-6(8(14)12-9(10)15)11-7-3-4-13(2)5-7/h6-7,11H,3-5H2,1-2H3,(H3,10,12,14,15). The first-order chi connectivity index (χ1) is 6.99. The molecule has 3 amide bonds. The van der Waals surface area contributed by atoms with E-state index in [1.54, 1.807) is 6.92 Å². The Balaban J connectivity index is 2.31. The number of nitrogens with zero attached hydrogens (tertiary/aromatic N) is 1.